The van der Waals surface area contributed by atoms with Gasteiger partial charge in [-0.1, -0.05) is 20.8 Å². The minimum atomic E-state index is -3.89. The molecule has 7 heteroatoms. The molecule has 0 saturated carbocycles. The maximum absolute atomic E-state index is 11.0. The van der Waals surface area contributed by atoms with Crippen molar-refractivity contribution in [3.63, 3.8) is 0 Å². The molecular weight excluding hydrogens is 260 g/mol. The molecule has 1 N–H and O–H groups in total. The van der Waals surface area contributed by atoms with E-state index in [1.807, 2.05) is 0 Å². The van der Waals surface area contributed by atoms with Crippen molar-refractivity contribution >= 4 is 16.2 Å². The van der Waals surface area contributed by atoms with Crippen LogP contribution in [0.3, 0.4) is 0 Å². The molecule has 0 saturated heterocycles. The zero-order chi connectivity index (χ0) is 10.5. The fourth-order valence-corrected chi connectivity index (χ4v) is 1.39. The van der Waals surface area contributed by atoms with Gasteiger partial charge in [-0.3, -0.25) is 8.98 Å². The van der Waals surface area contributed by atoms with Gasteiger partial charge in [-0.15, -0.1) is 0 Å². The Kier molecular flexibility index (Phi) is 8.59. The van der Waals surface area contributed by atoms with E-state index in [0.717, 1.165) is 0 Å². The number of carbonyl (C=O) groups is 1. The molecule has 0 rings (SSSR count). The molecule has 14 heavy (non-hydrogen) atoms. The van der Waals surface area contributed by atoms with Crippen molar-refractivity contribution in [2.75, 3.05) is 6.61 Å². The standard InChI is InChI=1S/C7H15NO4S.Zn/c1-4-5-12-13(10,11)8-7(9)6(2)3;/h6H,4-5H2,1-3H3,(H,8,9);. The van der Waals surface area contributed by atoms with Crippen molar-refractivity contribution in [2.45, 2.75) is 27.2 Å². The first-order chi connectivity index (χ1) is 5.89. The molecule has 0 bridgehead atoms. The zero-order valence-electron chi connectivity index (χ0n) is 8.74. The topological polar surface area (TPSA) is 72.5 Å². The molecule has 0 heterocycles. The van der Waals surface area contributed by atoms with Crippen molar-refractivity contribution in [3.8, 4) is 0 Å². The first-order valence-corrected chi connectivity index (χ1v) is 5.51. The molecular formula is C7H15NO4SZn. The SMILES string of the molecule is CCCOS(=O)(=O)NC(=O)C(C)C.[Zn]. The van der Waals surface area contributed by atoms with Crippen LogP contribution in [0.1, 0.15) is 27.2 Å². The summed E-state index contributed by atoms with van der Waals surface area (Å²) in [5.41, 5.74) is 0. The fraction of sp³-hybridized carbons (Fsp3) is 0.857. The van der Waals surface area contributed by atoms with Crippen LogP contribution in [0.5, 0.6) is 0 Å². The van der Waals surface area contributed by atoms with Crippen LogP contribution >= 0.6 is 0 Å². The molecule has 0 aromatic rings. The molecule has 0 unspecified atom stereocenters. The van der Waals surface area contributed by atoms with Crippen molar-refractivity contribution in [3.05, 3.63) is 0 Å². The Morgan fingerprint density at radius 2 is 1.93 bits per heavy atom. The second kappa shape index (κ2) is 7.32. The molecule has 0 aromatic carbocycles. The summed E-state index contributed by atoms with van der Waals surface area (Å²) < 4.78 is 28.1. The van der Waals surface area contributed by atoms with Gasteiger partial charge in [0.15, 0.2) is 0 Å². The fourth-order valence-electron chi connectivity index (χ4n) is 0.464. The molecule has 0 spiro atoms. The van der Waals surface area contributed by atoms with Gasteiger partial charge >= 0.3 is 10.3 Å². The van der Waals surface area contributed by atoms with E-state index in [1.165, 1.54) is 0 Å². The van der Waals surface area contributed by atoms with Crippen LogP contribution < -0.4 is 4.72 Å². The number of amides is 1. The number of carbonyl (C=O) groups excluding carboxylic acids is 1. The predicted molar refractivity (Wildman–Crippen MR) is 48.1 cm³/mol. The maximum atomic E-state index is 11.0. The Morgan fingerprint density at radius 1 is 1.43 bits per heavy atom. The molecule has 0 aliphatic carbocycles. The Hall–Kier alpha value is 0.00338. The van der Waals surface area contributed by atoms with Gasteiger partial charge in [0.2, 0.25) is 5.91 Å². The van der Waals surface area contributed by atoms with E-state index in [2.05, 4.69) is 4.18 Å². The first kappa shape index (κ1) is 16.4. The molecule has 0 aliphatic heterocycles. The summed E-state index contributed by atoms with van der Waals surface area (Å²) in [6.45, 7) is 5.07. The van der Waals surface area contributed by atoms with E-state index in [1.54, 1.807) is 25.5 Å². The molecule has 0 aromatic heterocycles. The summed E-state index contributed by atoms with van der Waals surface area (Å²) in [6, 6.07) is 0. The maximum Gasteiger partial charge on any atom is 0.362 e. The van der Waals surface area contributed by atoms with Crippen molar-refractivity contribution < 1.29 is 36.9 Å². The third-order valence-electron chi connectivity index (χ3n) is 1.19. The van der Waals surface area contributed by atoms with Crippen LogP contribution in [0.4, 0.5) is 0 Å². The second-order valence-corrected chi connectivity index (χ2v) is 4.25. The van der Waals surface area contributed by atoms with Crippen molar-refractivity contribution in [2.24, 2.45) is 5.92 Å². The van der Waals surface area contributed by atoms with E-state index in [-0.39, 0.29) is 32.0 Å². The van der Waals surface area contributed by atoms with E-state index in [9.17, 15) is 13.2 Å². The van der Waals surface area contributed by atoms with Gasteiger partial charge in [0.1, 0.15) is 0 Å². The van der Waals surface area contributed by atoms with Gasteiger partial charge in [0, 0.05) is 25.4 Å². The van der Waals surface area contributed by atoms with Gasteiger partial charge in [-0.25, -0.2) is 4.72 Å². The molecule has 1 amide bonds. The Bertz CT molecular complexity index is 263. The summed E-state index contributed by atoms with van der Waals surface area (Å²) in [5.74, 6) is -0.934. The van der Waals surface area contributed by atoms with E-state index in [4.69, 9.17) is 0 Å². The number of rotatable bonds is 5. The van der Waals surface area contributed by atoms with Crippen LogP contribution in [0.15, 0.2) is 0 Å². The molecule has 80 valence electrons. The summed E-state index contributed by atoms with van der Waals surface area (Å²) in [7, 11) is -3.89. The summed E-state index contributed by atoms with van der Waals surface area (Å²) >= 11 is 0. The van der Waals surface area contributed by atoms with Crippen molar-refractivity contribution in [1.82, 2.24) is 4.72 Å². The quantitative estimate of drug-likeness (QED) is 0.738. The average Bonchev–Trinajstić information content (AvgIpc) is 2.00. The summed E-state index contributed by atoms with van der Waals surface area (Å²) in [5, 5.41) is 0. The van der Waals surface area contributed by atoms with Gasteiger partial charge in [-0.2, -0.15) is 8.42 Å². The zero-order valence-corrected chi connectivity index (χ0v) is 12.5. The Balaban J connectivity index is 0. The van der Waals surface area contributed by atoms with Crippen LogP contribution in [-0.4, -0.2) is 20.9 Å². The van der Waals surface area contributed by atoms with E-state index >= 15 is 0 Å². The summed E-state index contributed by atoms with van der Waals surface area (Å²) in [4.78, 5) is 11.0. The first-order valence-electron chi connectivity index (χ1n) is 4.10. The Labute approximate surface area is 97.6 Å². The van der Waals surface area contributed by atoms with Gasteiger partial charge < -0.3 is 0 Å². The number of hydrogen-bond donors (Lipinski definition) is 1. The molecule has 0 fully saturated rings. The molecule has 0 aliphatic rings. The van der Waals surface area contributed by atoms with Crippen LogP contribution in [0, 0.1) is 5.92 Å². The summed E-state index contributed by atoms with van der Waals surface area (Å²) in [6.07, 6.45) is 0.580. The Morgan fingerprint density at radius 3 is 2.29 bits per heavy atom. The number of hydrogen-bond acceptors (Lipinski definition) is 4. The molecule has 0 atom stereocenters. The average molecular weight is 275 g/mol. The minimum Gasteiger partial charge on any atom is -0.274 e. The molecule has 0 radical (unpaired) electrons. The smallest absolute Gasteiger partial charge is 0.274 e. The van der Waals surface area contributed by atoms with Crippen molar-refractivity contribution in [1.29, 1.82) is 0 Å². The predicted octanol–water partition coefficient (Wildman–Crippen LogP) is 0.427. The third kappa shape index (κ3) is 7.41. The minimum absolute atomic E-state index is 0. The van der Waals surface area contributed by atoms with Gasteiger partial charge in [0.05, 0.1) is 6.61 Å². The van der Waals surface area contributed by atoms with Gasteiger partial charge in [0.25, 0.3) is 0 Å². The van der Waals surface area contributed by atoms with E-state index in [0.29, 0.717) is 6.42 Å². The largest absolute Gasteiger partial charge is 0.362 e. The van der Waals surface area contributed by atoms with E-state index < -0.39 is 16.2 Å². The van der Waals surface area contributed by atoms with Crippen LogP contribution in [0.25, 0.3) is 0 Å². The normalized spacial score (nSPS) is 10.9. The number of nitrogens with one attached hydrogen (secondary N) is 1. The second-order valence-electron chi connectivity index (χ2n) is 2.90. The molecule has 5 nitrogen and oxygen atoms in total. The monoisotopic (exact) mass is 273 g/mol. The van der Waals surface area contributed by atoms with Gasteiger partial charge in [-0.05, 0) is 6.42 Å². The third-order valence-corrected chi connectivity index (χ3v) is 2.12. The van der Waals surface area contributed by atoms with Crippen LogP contribution in [0.2, 0.25) is 0 Å². The van der Waals surface area contributed by atoms with Crippen LogP contribution in [-0.2, 0) is 38.8 Å².